The molecule has 0 saturated carbocycles. The second-order valence-electron chi connectivity index (χ2n) is 7.71. The van der Waals surface area contributed by atoms with Crippen molar-refractivity contribution >= 4 is 46.6 Å². The molecule has 1 heterocycles. The number of halogens is 3. The third-order valence-corrected chi connectivity index (χ3v) is 5.54. The molecule has 3 rings (SSSR count). The van der Waals surface area contributed by atoms with Gasteiger partial charge in [0.2, 0.25) is 0 Å². The van der Waals surface area contributed by atoms with Gasteiger partial charge in [0.1, 0.15) is 23.9 Å². The van der Waals surface area contributed by atoms with Crippen LogP contribution in [0.3, 0.4) is 0 Å². The first-order valence-electron chi connectivity index (χ1n) is 10.8. The van der Waals surface area contributed by atoms with Crippen LogP contribution in [0.1, 0.15) is 6.42 Å². The van der Waals surface area contributed by atoms with E-state index in [1.165, 1.54) is 24.1 Å². The lowest BCUT2D eigenvalue weighted by atomic mass is 10.1. The normalized spacial score (nSPS) is 14.3. The number of anilines is 1. The number of hydrogen-bond donors (Lipinski definition) is 2. The van der Waals surface area contributed by atoms with Gasteiger partial charge in [0.15, 0.2) is 12.7 Å². The van der Waals surface area contributed by atoms with Crippen molar-refractivity contribution in [2.75, 3.05) is 38.3 Å². The molecular weight excluding hydrogens is 516 g/mol. The molecule has 0 saturated heterocycles. The zero-order chi connectivity index (χ0) is 26.2. The van der Waals surface area contributed by atoms with Crippen molar-refractivity contribution in [3.63, 3.8) is 0 Å². The van der Waals surface area contributed by atoms with Crippen molar-refractivity contribution in [3.8, 4) is 11.5 Å². The summed E-state index contributed by atoms with van der Waals surface area (Å²) in [7, 11) is 1.40. The summed E-state index contributed by atoms with van der Waals surface area (Å²) in [5.41, 5.74) is 0.778. The number of methoxy groups -OCH3 is 1. The average molecular weight is 540 g/mol. The molecule has 192 valence electrons. The molecule has 0 bridgehead atoms. The lowest BCUT2D eigenvalue weighted by Gasteiger charge is -2.34. The summed E-state index contributed by atoms with van der Waals surface area (Å²) in [4.78, 5) is 38.6. The number of nitrogens with zero attached hydrogens (tertiary/aromatic N) is 1. The van der Waals surface area contributed by atoms with Crippen LogP contribution < -0.4 is 25.0 Å². The Balaban J connectivity index is 1.47. The van der Waals surface area contributed by atoms with E-state index in [0.717, 1.165) is 6.07 Å². The molecular formula is C24H24Cl2FN3O6. The third-order valence-electron chi connectivity index (χ3n) is 5.00. The lowest BCUT2D eigenvalue weighted by Crippen LogP contribution is -2.51. The number of hydrogen-bond acceptors (Lipinski definition) is 6. The molecule has 1 aliphatic heterocycles. The van der Waals surface area contributed by atoms with Gasteiger partial charge in [-0.25, -0.2) is 4.39 Å². The summed E-state index contributed by atoms with van der Waals surface area (Å²) in [6.07, 6.45) is -0.767. The number of carbonyl (C=O) groups is 3. The maximum absolute atomic E-state index is 13.4. The van der Waals surface area contributed by atoms with Crippen LogP contribution in [-0.4, -0.2) is 57.2 Å². The fourth-order valence-electron chi connectivity index (χ4n) is 3.27. The molecule has 9 nitrogen and oxygen atoms in total. The highest BCUT2D eigenvalue weighted by Gasteiger charge is 2.34. The summed E-state index contributed by atoms with van der Waals surface area (Å²) >= 11 is 11.7. The Labute approximate surface area is 217 Å². The molecule has 2 aromatic carbocycles. The molecule has 0 aromatic heterocycles. The average Bonchev–Trinajstić information content (AvgIpc) is 2.84. The fourth-order valence-corrected chi connectivity index (χ4v) is 3.55. The van der Waals surface area contributed by atoms with E-state index in [1.807, 2.05) is 0 Å². The van der Waals surface area contributed by atoms with Crippen LogP contribution in [0.4, 0.5) is 10.1 Å². The van der Waals surface area contributed by atoms with E-state index in [1.54, 1.807) is 18.2 Å². The zero-order valence-corrected chi connectivity index (χ0v) is 20.8. The molecule has 12 heteroatoms. The van der Waals surface area contributed by atoms with Crippen LogP contribution in [0.2, 0.25) is 10.0 Å². The van der Waals surface area contributed by atoms with Crippen molar-refractivity contribution in [2.45, 2.75) is 12.5 Å². The van der Waals surface area contributed by atoms with Gasteiger partial charge in [0, 0.05) is 36.9 Å². The van der Waals surface area contributed by atoms with Crippen LogP contribution in [0.5, 0.6) is 11.5 Å². The largest absolute Gasteiger partial charge is 0.484 e. The quantitative estimate of drug-likeness (QED) is 0.480. The summed E-state index contributed by atoms with van der Waals surface area (Å²) < 4.78 is 29.3. The molecule has 0 spiro atoms. The van der Waals surface area contributed by atoms with E-state index < -0.39 is 23.7 Å². The van der Waals surface area contributed by atoms with E-state index in [4.69, 9.17) is 37.4 Å². The van der Waals surface area contributed by atoms with Crippen molar-refractivity contribution < 1.29 is 33.0 Å². The number of rotatable bonds is 10. The molecule has 2 N–H and O–H groups in total. The summed E-state index contributed by atoms with van der Waals surface area (Å²) in [5.74, 6) is -1.46. The maximum atomic E-state index is 13.4. The molecule has 2 aromatic rings. The highest BCUT2D eigenvalue weighted by atomic mass is 35.5. The second kappa shape index (κ2) is 12.6. The van der Waals surface area contributed by atoms with Crippen molar-refractivity contribution in [3.05, 3.63) is 64.5 Å². The number of benzene rings is 2. The van der Waals surface area contributed by atoms with Gasteiger partial charge in [-0.2, -0.15) is 0 Å². The first kappa shape index (κ1) is 27.3. The molecule has 1 atom stereocenters. The van der Waals surface area contributed by atoms with E-state index in [9.17, 15) is 18.8 Å². The molecule has 0 radical (unpaired) electrons. The van der Waals surface area contributed by atoms with Crippen molar-refractivity contribution in [1.29, 1.82) is 0 Å². The molecule has 1 unspecified atom stereocenters. The molecule has 0 fully saturated rings. The predicted molar refractivity (Wildman–Crippen MR) is 132 cm³/mol. The Hall–Kier alpha value is -3.34. The molecule has 1 aliphatic rings. The zero-order valence-electron chi connectivity index (χ0n) is 19.3. The number of amides is 3. The smallest absolute Gasteiger partial charge is 0.267 e. The summed E-state index contributed by atoms with van der Waals surface area (Å²) in [6.45, 7) is 3.41. The highest BCUT2D eigenvalue weighted by Crippen LogP contribution is 2.36. The van der Waals surface area contributed by atoms with Crippen LogP contribution in [-0.2, 0) is 19.1 Å². The Morgan fingerprint density at radius 2 is 1.97 bits per heavy atom. The van der Waals surface area contributed by atoms with E-state index in [-0.39, 0.29) is 49.4 Å². The van der Waals surface area contributed by atoms with E-state index >= 15 is 0 Å². The van der Waals surface area contributed by atoms with Gasteiger partial charge in [-0.15, -0.1) is 0 Å². The topological polar surface area (TPSA) is 106 Å². The van der Waals surface area contributed by atoms with Crippen LogP contribution in [0.25, 0.3) is 0 Å². The Morgan fingerprint density at radius 3 is 2.69 bits per heavy atom. The third kappa shape index (κ3) is 7.33. The van der Waals surface area contributed by atoms with Gasteiger partial charge in [0.25, 0.3) is 17.7 Å². The Bertz CT molecular complexity index is 1160. The van der Waals surface area contributed by atoms with Gasteiger partial charge >= 0.3 is 0 Å². The number of ether oxygens (including phenoxy) is 3. The van der Waals surface area contributed by atoms with Gasteiger partial charge in [-0.05, 0) is 30.3 Å². The van der Waals surface area contributed by atoms with Crippen molar-refractivity contribution in [2.24, 2.45) is 0 Å². The minimum absolute atomic E-state index is 0.0473. The van der Waals surface area contributed by atoms with Gasteiger partial charge in [-0.1, -0.05) is 29.8 Å². The van der Waals surface area contributed by atoms with E-state index in [2.05, 4.69) is 17.2 Å². The lowest BCUT2D eigenvalue weighted by molar-refractivity contribution is -0.128. The van der Waals surface area contributed by atoms with Gasteiger partial charge in [-0.3, -0.25) is 14.4 Å². The minimum Gasteiger partial charge on any atom is -0.484 e. The van der Waals surface area contributed by atoms with Gasteiger partial charge in [0.05, 0.1) is 17.3 Å². The summed E-state index contributed by atoms with van der Waals surface area (Å²) in [5, 5.41) is 5.61. The Morgan fingerprint density at radius 1 is 1.19 bits per heavy atom. The number of carbonyl (C=O) groups excluding carboxylic acids is 3. The fraction of sp³-hybridized carbons (Fsp3) is 0.292. The Kier molecular flexibility index (Phi) is 9.51. The van der Waals surface area contributed by atoms with Gasteiger partial charge < -0.3 is 29.7 Å². The molecule has 0 aliphatic carbocycles. The SMILES string of the molecule is C=C(CCNC(=O)COc1ccc(Cl)c(F)c1)NC(=O)C1CN(C(=O)COC)c2cc(Cl)ccc2O1. The first-order chi connectivity index (χ1) is 17.2. The van der Waals surface area contributed by atoms with Crippen molar-refractivity contribution in [1.82, 2.24) is 10.6 Å². The first-order valence-corrected chi connectivity index (χ1v) is 11.5. The second-order valence-corrected chi connectivity index (χ2v) is 8.56. The summed E-state index contributed by atoms with van der Waals surface area (Å²) in [6, 6.07) is 8.60. The number of fused-ring (bicyclic) bond motifs is 1. The van der Waals surface area contributed by atoms with Crippen LogP contribution in [0.15, 0.2) is 48.7 Å². The van der Waals surface area contributed by atoms with Crippen LogP contribution in [0, 0.1) is 5.82 Å². The van der Waals surface area contributed by atoms with E-state index in [0.29, 0.717) is 22.2 Å². The standard InChI is InChI=1S/C24H24Cl2FN3O6/c1-14(7-8-28-22(31)12-35-16-4-5-17(26)18(27)10-16)29-24(33)21-11-30(23(32)13-34-2)19-9-15(25)3-6-20(19)36-21/h3-6,9-10,21H,1,7-8,11-13H2,2H3,(H,28,31)(H,29,33). The highest BCUT2D eigenvalue weighted by molar-refractivity contribution is 6.31. The predicted octanol–water partition coefficient (Wildman–Crippen LogP) is 3.09. The minimum atomic E-state index is -1.00. The molecule has 3 amide bonds. The molecule has 36 heavy (non-hydrogen) atoms. The number of nitrogens with one attached hydrogen (secondary N) is 2. The maximum Gasteiger partial charge on any atom is 0.267 e. The monoisotopic (exact) mass is 539 g/mol. The van der Waals surface area contributed by atoms with Crippen LogP contribution >= 0.6 is 23.2 Å².